The molecule has 3 atom stereocenters. The molecule has 0 radical (unpaired) electrons. The minimum absolute atomic E-state index is 0.0945. The zero-order valence-electron chi connectivity index (χ0n) is 37.3. The Hall–Kier alpha value is -3.08. The minimum atomic E-state index is -4.74. The number of carboxylic acids is 1. The van der Waals surface area contributed by atoms with Gasteiger partial charge in [0.05, 0.1) is 13.2 Å². The number of hydrogen-bond donors (Lipinski definition) is 3. The molecule has 0 aromatic heterocycles. The van der Waals surface area contributed by atoms with Crippen LogP contribution in [0.3, 0.4) is 0 Å². The molecule has 0 spiro atoms. The number of allylic oxidation sites excluding steroid dienone is 12. The number of aliphatic carboxylic acids is 1. The van der Waals surface area contributed by atoms with Crippen molar-refractivity contribution in [2.75, 3.05) is 19.8 Å². The lowest BCUT2D eigenvalue weighted by molar-refractivity contribution is -0.161. The van der Waals surface area contributed by atoms with Gasteiger partial charge in [0.25, 0.3) is 0 Å². The number of ether oxygens (including phenoxy) is 2. The van der Waals surface area contributed by atoms with Crippen molar-refractivity contribution < 1.29 is 47.5 Å². The summed E-state index contributed by atoms with van der Waals surface area (Å²) < 4.78 is 32.7. The van der Waals surface area contributed by atoms with Crippen LogP contribution >= 0.6 is 7.82 Å². The van der Waals surface area contributed by atoms with E-state index in [1.807, 2.05) is 12.2 Å². The smallest absolute Gasteiger partial charge is 0.472 e. The van der Waals surface area contributed by atoms with E-state index in [1.54, 1.807) is 0 Å². The zero-order chi connectivity index (χ0) is 44.2. The van der Waals surface area contributed by atoms with E-state index in [0.717, 1.165) is 57.8 Å². The standard InChI is InChI=1S/C48H82NO10P/c1-3-5-7-9-11-13-15-17-19-21-22-24-25-27-29-31-33-35-37-39-46(50)56-41-44(42-57-60(54,55)58-43-45(49)48(52)53)59-47(51)40-38-36-34-32-30-28-26-23-20-18-16-14-12-10-8-6-4-2/h11,13,17-20,22,24,27,29,33,35,44-45H,3-10,12,14-16,21,23,25-26,28,30-32,34,36-43,49H2,1-2H3,(H,52,53)(H,54,55)/b13-11-,19-17-,20-18-,24-22-,29-27-,35-33-/t44-,45+/m1/s1. The molecule has 0 bridgehead atoms. The summed E-state index contributed by atoms with van der Waals surface area (Å²) in [6.45, 7) is 2.69. The predicted molar refractivity (Wildman–Crippen MR) is 244 cm³/mol. The Morgan fingerprint density at radius 2 is 0.917 bits per heavy atom. The van der Waals surface area contributed by atoms with Crippen LogP contribution in [0.2, 0.25) is 0 Å². The number of phosphoric ester groups is 1. The molecule has 0 saturated heterocycles. The van der Waals surface area contributed by atoms with Crippen molar-refractivity contribution in [3.8, 4) is 0 Å². The third kappa shape index (κ3) is 41.6. The van der Waals surface area contributed by atoms with Gasteiger partial charge in [-0.3, -0.25) is 23.4 Å². The van der Waals surface area contributed by atoms with Crippen molar-refractivity contribution in [2.45, 2.75) is 193 Å². The summed E-state index contributed by atoms with van der Waals surface area (Å²) in [5, 5.41) is 8.90. The number of carbonyl (C=O) groups is 3. The lowest BCUT2D eigenvalue weighted by Gasteiger charge is -2.20. The number of esters is 2. The van der Waals surface area contributed by atoms with Crippen molar-refractivity contribution in [1.29, 1.82) is 0 Å². The molecule has 11 nitrogen and oxygen atoms in total. The summed E-state index contributed by atoms with van der Waals surface area (Å²) in [4.78, 5) is 46.0. The molecule has 0 aromatic carbocycles. The molecule has 12 heteroatoms. The van der Waals surface area contributed by atoms with Gasteiger partial charge in [-0.2, -0.15) is 0 Å². The van der Waals surface area contributed by atoms with E-state index in [-0.39, 0.29) is 19.4 Å². The third-order valence-corrected chi connectivity index (χ3v) is 10.4. The first kappa shape index (κ1) is 56.9. The van der Waals surface area contributed by atoms with Crippen LogP contribution in [0.15, 0.2) is 72.9 Å². The van der Waals surface area contributed by atoms with E-state index >= 15 is 0 Å². The van der Waals surface area contributed by atoms with E-state index in [2.05, 4.69) is 79.1 Å². The average molecular weight is 864 g/mol. The number of hydrogen-bond acceptors (Lipinski definition) is 9. The summed E-state index contributed by atoms with van der Waals surface area (Å²) in [6.07, 6.45) is 51.2. The summed E-state index contributed by atoms with van der Waals surface area (Å²) >= 11 is 0. The van der Waals surface area contributed by atoms with Crippen LogP contribution in [0.5, 0.6) is 0 Å². The third-order valence-electron chi connectivity index (χ3n) is 9.44. The number of phosphoric acid groups is 1. The highest BCUT2D eigenvalue weighted by molar-refractivity contribution is 7.47. The Bertz CT molecular complexity index is 1290. The Labute approximate surface area is 363 Å². The first-order valence-electron chi connectivity index (χ1n) is 23.0. The molecule has 0 aliphatic carbocycles. The molecule has 0 amide bonds. The highest BCUT2D eigenvalue weighted by atomic mass is 31.2. The molecular formula is C48H82NO10P. The lowest BCUT2D eigenvalue weighted by atomic mass is 10.1. The van der Waals surface area contributed by atoms with Crippen LogP contribution in [-0.4, -0.2) is 59.9 Å². The van der Waals surface area contributed by atoms with E-state index in [1.165, 1.54) is 83.5 Å². The zero-order valence-corrected chi connectivity index (χ0v) is 38.2. The van der Waals surface area contributed by atoms with Gasteiger partial charge in [-0.05, 0) is 77.0 Å². The van der Waals surface area contributed by atoms with Gasteiger partial charge >= 0.3 is 25.7 Å². The van der Waals surface area contributed by atoms with Gasteiger partial charge in [0.1, 0.15) is 12.6 Å². The highest BCUT2D eigenvalue weighted by Gasteiger charge is 2.28. The highest BCUT2D eigenvalue weighted by Crippen LogP contribution is 2.43. The molecule has 0 fully saturated rings. The Morgan fingerprint density at radius 1 is 0.517 bits per heavy atom. The van der Waals surface area contributed by atoms with Gasteiger partial charge in [0.2, 0.25) is 0 Å². The molecule has 0 aliphatic heterocycles. The molecule has 60 heavy (non-hydrogen) atoms. The van der Waals surface area contributed by atoms with Crippen LogP contribution in [0.25, 0.3) is 0 Å². The number of rotatable bonds is 42. The van der Waals surface area contributed by atoms with Crippen LogP contribution in [-0.2, 0) is 37.5 Å². The molecule has 344 valence electrons. The lowest BCUT2D eigenvalue weighted by Crippen LogP contribution is -2.34. The molecule has 0 rings (SSSR count). The van der Waals surface area contributed by atoms with Crippen molar-refractivity contribution in [3.63, 3.8) is 0 Å². The first-order chi connectivity index (χ1) is 29.1. The Kier molecular flexibility index (Phi) is 40.4. The molecular weight excluding hydrogens is 781 g/mol. The summed E-state index contributed by atoms with van der Waals surface area (Å²) in [5.41, 5.74) is 5.33. The van der Waals surface area contributed by atoms with Gasteiger partial charge in [-0.15, -0.1) is 0 Å². The van der Waals surface area contributed by atoms with Crippen LogP contribution in [0, 0.1) is 0 Å². The number of carboxylic acid groups (broad SMARTS) is 1. The SMILES string of the molecule is CCCCC/C=C\C/C=C\C/C=C\C/C=C\C/C=C\CCC(=O)OC[C@H](COP(=O)(O)OC[C@H](N)C(=O)O)OC(=O)CCCCCCCCC/C=C\CCCCCCCC. The van der Waals surface area contributed by atoms with Crippen LogP contribution < -0.4 is 5.73 Å². The van der Waals surface area contributed by atoms with E-state index in [4.69, 9.17) is 24.8 Å². The molecule has 0 heterocycles. The van der Waals surface area contributed by atoms with Crippen LogP contribution in [0.1, 0.15) is 181 Å². The maximum absolute atomic E-state index is 12.6. The second kappa shape index (κ2) is 42.6. The van der Waals surface area contributed by atoms with Crippen molar-refractivity contribution in [3.05, 3.63) is 72.9 Å². The van der Waals surface area contributed by atoms with E-state index < -0.39 is 51.1 Å². The summed E-state index contributed by atoms with van der Waals surface area (Å²) in [6, 6.07) is -1.53. The largest absolute Gasteiger partial charge is 0.480 e. The Morgan fingerprint density at radius 3 is 1.43 bits per heavy atom. The maximum atomic E-state index is 12.6. The van der Waals surface area contributed by atoms with Gasteiger partial charge in [-0.1, -0.05) is 164 Å². The number of carbonyl (C=O) groups excluding carboxylic acids is 2. The molecule has 4 N–H and O–H groups in total. The van der Waals surface area contributed by atoms with Crippen LogP contribution in [0.4, 0.5) is 0 Å². The van der Waals surface area contributed by atoms with Gasteiger partial charge in [0, 0.05) is 12.8 Å². The summed E-state index contributed by atoms with van der Waals surface area (Å²) in [5.74, 6) is -2.49. The fraction of sp³-hybridized carbons (Fsp3) is 0.688. The second-order valence-corrected chi connectivity index (χ2v) is 16.6. The molecule has 0 saturated carbocycles. The normalized spacial score (nSPS) is 14.3. The van der Waals surface area contributed by atoms with E-state index in [0.29, 0.717) is 12.8 Å². The van der Waals surface area contributed by atoms with Crippen molar-refractivity contribution >= 4 is 25.7 Å². The fourth-order valence-electron chi connectivity index (χ4n) is 5.81. The molecule has 0 aliphatic rings. The first-order valence-corrected chi connectivity index (χ1v) is 24.5. The molecule has 0 aromatic rings. The van der Waals surface area contributed by atoms with Crippen molar-refractivity contribution in [1.82, 2.24) is 0 Å². The molecule has 1 unspecified atom stereocenters. The monoisotopic (exact) mass is 864 g/mol. The number of nitrogens with two attached hydrogens (primary N) is 1. The maximum Gasteiger partial charge on any atom is 0.472 e. The second-order valence-electron chi connectivity index (χ2n) is 15.2. The van der Waals surface area contributed by atoms with Gasteiger partial charge in [0.15, 0.2) is 6.10 Å². The van der Waals surface area contributed by atoms with Gasteiger partial charge < -0.3 is 25.2 Å². The predicted octanol–water partition coefficient (Wildman–Crippen LogP) is 12.5. The van der Waals surface area contributed by atoms with Crippen molar-refractivity contribution in [2.24, 2.45) is 5.73 Å². The number of unbranched alkanes of at least 4 members (excludes halogenated alkanes) is 16. The Balaban J connectivity index is 4.47. The quantitative estimate of drug-likeness (QED) is 0.0231. The van der Waals surface area contributed by atoms with E-state index in [9.17, 15) is 23.8 Å². The minimum Gasteiger partial charge on any atom is -0.480 e. The summed E-state index contributed by atoms with van der Waals surface area (Å²) in [7, 11) is -4.74. The topological polar surface area (TPSA) is 172 Å². The average Bonchev–Trinajstić information content (AvgIpc) is 3.22. The van der Waals surface area contributed by atoms with Gasteiger partial charge in [-0.25, -0.2) is 4.57 Å². The fourth-order valence-corrected chi connectivity index (χ4v) is 6.58.